The third-order valence-corrected chi connectivity index (χ3v) is 4.07. The van der Waals surface area contributed by atoms with Gasteiger partial charge < -0.3 is 14.8 Å². The van der Waals surface area contributed by atoms with Crippen LogP contribution >= 0.6 is 0 Å². The standard InChI is InChI=1S/C17H21N3O3/c1-12-5-6-19-20(12)10-17(21)18-9-13-7-14-3-4-15(22-2)8-16(14)23-11-13/h3-6,8,13H,7,9-11H2,1-2H3,(H,18,21)/t13-/m1/s1. The average molecular weight is 315 g/mol. The molecule has 0 saturated heterocycles. The van der Waals surface area contributed by atoms with Gasteiger partial charge in [0.1, 0.15) is 18.0 Å². The van der Waals surface area contributed by atoms with Crippen LogP contribution in [0.15, 0.2) is 30.5 Å². The highest BCUT2D eigenvalue weighted by Crippen LogP contribution is 2.30. The van der Waals surface area contributed by atoms with Gasteiger partial charge in [-0.25, -0.2) is 0 Å². The van der Waals surface area contributed by atoms with E-state index in [-0.39, 0.29) is 18.4 Å². The van der Waals surface area contributed by atoms with Crippen molar-refractivity contribution in [2.24, 2.45) is 5.92 Å². The van der Waals surface area contributed by atoms with Crippen LogP contribution in [0.1, 0.15) is 11.3 Å². The summed E-state index contributed by atoms with van der Waals surface area (Å²) in [5.74, 6) is 1.92. The van der Waals surface area contributed by atoms with E-state index >= 15 is 0 Å². The average Bonchev–Trinajstić information content (AvgIpc) is 2.97. The van der Waals surface area contributed by atoms with E-state index in [0.717, 1.165) is 29.2 Å². The van der Waals surface area contributed by atoms with Crippen LogP contribution in [0.5, 0.6) is 11.5 Å². The number of nitrogens with zero attached hydrogens (tertiary/aromatic N) is 2. The van der Waals surface area contributed by atoms with Gasteiger partial charge in [0.2, 0.25) is 5.91 Å². The van der Waals surface area contributed by atoms with E-state index in [2.05, 4.69) is 10.4 Å². The van der Waals surface area contributed by atoms with Crippen LogP contribution in [-0.4, -0.2) is 35.9 Å². The lowest BCUT2D eigenvalue weighted by atomic mass is 9.96. The highest BCUT2D eigenvalue weighted by molar-refractivity contribution is 5.75. The van der Waals surface area contributed by atoms with Gasteiger partial charge in [-0.1, -0.05) is 6.07 Å². The highest BCUT2D eigenvalue weighted by atomic mass is 16.5. The van der Waals surface area contributed by atoms with Gasteiger partial charge >= 0.3 is 0 Å². The van der Waals surface area contributed by atoms with Crippen molar-refractivity contribution in [3.05, 3.63) is 41.7 Å². The molecule has 1 aromatic carbocycles. The molecule has 122 valence electrons. The quantitative estimate of drug-likeness (QED) is 0.909. The molecule has 23 heavy (non-hydrogen) atoms. The fraction of sp³-hybridized carbons (Fsp3) is 0.412. The van der Waals surface area contributed by atoms with Crippen molar-refractivity contribution in [2.45, 2.75) is 19.9 Å². The van der Waals surface area contributed by atoms with Crippen molar-refractivity contribution in [1.82, 2.24) is 15.1 Å². The van der Waals surface area contributed by atoms with Gasteiger partial charge in [0, 0.05) is 30.4 Å². The Bertz CT molecular complexity index is 696. The predicted octanol–water partition coefficient (Wildman–Crippen LogP) is 1.57. The Labute approximate surface area is 135 Å². The van der Waals surface area contributed by atoms with Gasteiger partial charge in [-0.15, -0.1) is 0 Å². The minimum Gasteiger partial charge on any atom is -0.497 e. The van der Waals surface area contributed by atoms with Gasteiger partial charge in [0.25, 0.3) is 0 Å². The van der Waals surface area contributed by atoms with E-state index in [1.54, 1.807) is 18.0 Å². The highest BCUT2D eigenvalue weighted by Gasteiger charge is 2.21. The number of hydrogen-bond donors (Lipinski definition) is 1. The van der Waals surface area contributed by atoms with Gasteiger partial charge in [0.05, 0.1) is 13.7 Å². The van der Waals surface area contributed by atoms with Gasteiger partial charge in [0.15, 0.2) is 0 Å². The summed E-state index contributed by atoms with van der Waals surface area (Å²) in [6, 6.07) is 7.75. The Balaban J connectivity index is 1.51. The number of benzene rings is 1. The van der Waals surface area contributed by atoms with Crippen LogP contribution in [0.2, 0.25) is 0 Å². The molecular formula is C17H21N3O3. The van der Waals surface area contributed by atoms with Crippen LogP contribution in [0.25, 0.3) is 0 Å². The van der Waals surface area contributed by atoms with Gasteiger partial charge in [-0.2, -0.15) is 5.10 Å². The summed E-state index contributed by atoms with van der Waals surface area (Å²) >= 11 is 0. The summed E-state index contributed by atoms with van der Waals surface area (Å²) in [5, 5.41) is 7.08. The van der Waals surface area contributed by atoms with E-state index in [1.165, 1.54) is 0 Å². The minimum absolute atomic E-state index is 0.0303. The minimum atomic E-state index is -0.0303. The molecule has 6 heteroatoms. The molecule has 0 unspecified atom stereocenters. The fourth-order valence-electron chi connectivity index (χ4n) is 2.69. The van der Waals surface area contributed by atoms with Crippen LogP contribution < -0.4 is 14.8 Å². The number of fused-ring (bicyclic) bond motifs is 1. The first-order chi connectivity index (χ1) is 11.2. The van der Waals surface area contributed by atoms with Gasteiger partial charge in [-0.3, -0.25) is 9.48 Å². The maximum absolute atomic E-state index is 12.0. The third-order valence-electron chi connectivity index (χ3n) is 4.07. The summed E-state index contributed by atoms with van der Waals surface area (Å²) in [5.41, 5.74) is 2.13. The number of aromatic nitrogens is 2. The number of aryl methyl sites for hydroxylation is 1. The molecule has 0 bridgehead atoms. The normalized spacial score (nSPS) is 16.3. The van der Waals surface area contributed by atoms with Crippen LogP contribution in [0, 0.1) is 12.8 Å². The zero-order chi connectivity index (χ0) is 16.2. The number of rotatable bonds is 5. The summed E-state index contributed by atoms with van der Waals surface area (Å²) < 4.78 is 12.7. The van der Waals surface area contributed by atoms with E-state index in [4.69, 9.17) is 9.47 Å². The number of ether oxygens (including phenoxy) is 2. The van der Waals surface area contributed by atoms with Crippen LogP contribution in [-0.2, 0) is 17.8 Å². The zero-order valence-electron chi connectivity index (χ0n) is 13.4. The summed E-state index contributed by atoms with van der Waals surface area (Å²) in [6.45, 7) is 3.38. The Morgan fingerprint density at radius 3 is 3.09 bits per heavy atom. The Morgan fingerprint density at radius 1 is 1.48 bits per heavy atom. The van der Waals surface area contributed by atoms with Crippen molar-refractivity contribution < 1.29 is 14.3 Å². The Morgan fingerprint density at radius 2 is 2.35 bits per heavy atom. The second kappa shape index (κ2) is 6.73. The van der Waals surface area contributed by atoms with Crippen molar-refractivity contribution in [3.63, 3.8) is 0 Å². The van der Waals surface area contributed by atoms with Crippen LogP contribution in [0.4, 0.5) is 0 Å². The number of hydrogen-bond acceptors (Lipinski definition) is 4. The third kappa shape index (κ3) is 3.64. The molecule has 0 spiro atoms. The van der Waals surface area contributed by atoms with E-state index in [9.17, 15) is 4.79 Å². The number of carbonyl (C=O) groups is 1. The maximum Gasteiger partial charge on any atom is 0.241 e. The monoisotopic (exact) mass is 315 g/mol. The summed E-state index contributed by atoms with van der Waals surface area (Å²) in [7, 11) is 1.64. The molecule has 3 rings (SSSR count). The summed E-state index contributed by atoms with van der Waals surface area (Å²) in [6.07, 6.45) is 2.59. The number of nitrogens with one attached hydrogen (secondary N) is 1. The second-order valence-corrected chi connectivity index (χ2v) is 5.79. The van der Waals surface area contributed by atoms with E-state index in [0.29, 0.717) is 13.2 Å². The molecule has 2 aromatic rings. The lowest BCUT2D eigenvalue weighted by molar-refractivity contribution is -0.122. The first-order valence-corrected chi connectivity index (χ1v) is 7.70. The molecule has 1 N–H and O–H groups in total. The van der Waals surface area contributed by atoms with Crippen molar-refractivity contribution in [1.29, 1.82) is 0 Å². The molecule has 0 aliphatic carbocycles. The predicted molar refractivity (Wildman–Crippen MR) is 85.7 cm³/mol. The Hall–Kier alpha value is -2.50. The lowest BCUT2D eigenvalue weighted by Gasteiger charge is -2.25. The first kappa shape index (κ1) is 15.4. The molecule has 0 saturated carbocycles. The Kier molecular flexibility index (Phi) is 4.50. The first-order valence-electron chi connectivity index (χ1n) is 7.70. The SMILES string of the molecule is COc1ccc2c(c1)OC[C@@H](CNC(=O)Cn1nccc1C)C2. The molecule has 1 aliphatic heterocycles. The lowest BCUT2D eigenvalue weighted by Crippen LogP contribution is -2.36. The number of carbonyl (C=O) groups excluding carboxylic acids is 1. The number of methoxy groups -OCH3 is 1. The molecule has 0 radical (unpaired) electrons. The van der Waals surface area contributed by atoms with Gasteiger partial charge in [-0.05, 0) is 31.0 Å². The largest absolute Gasteiger partial charge is 0.497 e. The molecule has 0 fully saturated rings. The van der Waals surface area contributed by atoms with Crippen molar-refractivity contribution in [3.8, 4) is 11.5 Å². The molecule has 6 nitrogen and oxygen atoms in total. The van der Waals surface area contributed by atoms with E-state index < -0.39 is 0 Å². The molecule has 1 aromatic heterocycles. The van der Waals surface area contributed by atoms with Crippen molar-refractivity contribution >= 4 is 5.91 Å². The number of amides is 1. The molecule has 1 aliphatic rings. The van der Waals surface area contributed by atoms with Crippen molar-refractivity contribution in [2.75, 3.05) is 20.3 Å². The maximum atomic E-state index is 12.0. The zero-order valence-corrected chi connectivity index (χ0v) is 13.4. The summed E-state index contributed by atoms with van der Waals surface area (Å²) in [4.78, 5) is 12.0. The molecule has 2 heterocycles. The molecule has 1 atom stereocenters. The topological polar surface area (TPSA) is 65.4 Å². The van der Waals surface area contributed by atoms with Crippen LogP contribution in [0.3, 0.4) is 0 Å². The smallest absolute Gasteiger partial charge is 0.241 e. The molecular weight excluding hydrogens is 294 g/mol. The van der Waals surface area contributed by atoms with E-state index in [1.807, 2.05) is 31.2 Å². The fourth-order valence-corrected chi connectivity index (χ4v) is 2.69. The molecule has 1 amide bonds. The second-order valence-electron chi connectivity index (χ2n) is 5.79.